The molecule has 0 aliphatic carbocycles. The van der Waals surface area contributed by atoms with Crippen molar-refractivity contribution in [2.75, 3.05) is 12.3 Å². The number of benzene rings is 9. The van der Waals surface area contributed by atoms with E-state index in [1.807, 2.05) is 60.7 Å². The van der Waals surface area contributed by atoms with E-state index in [2.05, 4.69) is 356 Å². The Balaban J connectivity index is 0.000000189. The van der Waals surface area contributed by atoms with Crippen molar-refractivity contribution < 1.29 is 19.8 Å². The van der Waals surface area contributed by atoms with Crippen molar-refractivity contribution in [1.29, 1.82) is 0 Å². The Morgan fingerprint density at radius 1 is 0.333 bits per heavy atom. The second-order valence-electron chi connectivity index (χ2n) is 22.9. The predicted octanol–water partition coefficient (Wildman–Crippen LogP) is 27.4. The molecule has 0 atom stereocenters. The molecule has 2 aromatic heterocycles. The van der Waals surface area contributed by atoms with Crippen LogP contribution in [0.5, 0.6) is 5.75 Å². The van der Waals surface area contributed by atoms with Crippen molar-refractivity contribution in [2.45, 2.75) is 111 Å². The van der Waals surface area contributed by atoms with E-state index in [4.69, 9.17) is 10.5 Å². The summed E-state index contributed by atoms with van der Waals surface area (Å²) in [7, 11) is 4.20. The van der Waals surface area contributed by atoms with Crippen molar-refractivity contribution in [3.8, 4) is 85.8 Å². The number of nitrogens with zero attached hydrogens (tertiary/aromatic N) is 2. The quantitative estimate of drug-likeness (QED) is 0.0318. The molecule has 498 valence electrons. The molecule has 4 nitrogen and oxygen atoms in total. The fourth-order valence-corrected chi connectivity index (χ4v) is 12.1. The molecule has 0 spiro atoms. The summed E-state index contributed by atoms with van der Waals surface area (Å²) in [4.78, 5) is 0. The van der Waals surface area contributed by atoms with Gasteiger partial charge in [-0.2, -0.15) is 0 Å². The Kier molecular flexibility index (Phi) is 34.9. The van der Waals surface area contributed by atoms with E-state index in [0.717, 1.165) is 85.9 Å². The van der Waals surface area contributed by atoms with E-state index in [1.54, 1.807) is 0 Å². The first-order valence-corrected chi connectivity index (χ1v) is 38.7. The summed E-state index contributed by atoms with van der Waals surface area (Å²) >= 11 is 24.6. The van der Waals surface area contributed by atoms with Gasteiger partial charge in [0, 0.05) is 55.0 Å². The first-order valence-electron chi connectivity index (χ1n) is 32.7. The molecule has 11 aromatic rings. The summed E-state index contributed by atoms with van der Waals surface area (Å²) in [5.74, 6) is 12.6. The van der Waals surface area contributed by atoms with Crippen LogP contribution in [0.25, 0.3) is 56.4 Å². The zero-order valence-corrected chi connectivity index (χ0v) is 65.7. The topological polar surface area (TPSA) is 45.1 Å². The molecule has 12 heteroatoms. The predicted molar refractivity (Wildman–Crippen MR) is 428 cm³/mol. The van der Waals surface area contributed by atoms with E-state index in [-0.39, 0.29) is 0 Å². The van der Waals surface area contributed by atoms with Crippen LogP contribution in [0.3, 0.4) is 0 Å². The zero-order valence-electron chi connectivity index (χ0n) is 54.5. The fourth-order valence-electron chi connectivity index (χ4n) is 10.5. The molecule has 0 aliphatic heterocycles. The van der Waals surface area contributed by atoms with E-state index < -0.39 is 0 Å². The second-order valence-corrected chi connectivity index (χ2v) is 28.3. The average Bonchev–Trinajstić information content (AvgIpc) is 1.63. The Morgan fingerprint density at radius 3 is 0.927 bits per heavy atom. The molecule has 2 N–H and O–H groups in total. The van der Waals surface area contributed by atoms with E-state index in [1.165, 1.54) is 128 Å². The summed E-state index contributed by atoms with van der Waals surface area (Å²) in [5.41, 5.74) is 23.0. The van der Waals surface area contributed by atoms with Crippen LogP contribution in [0.15, 0.2) is 269 Å². The van der Waals surface area contributed by atoms with Gasteiger partial charge in [-0.3, -0.25) is 0 Å². The molecule has 11 rings (SSSR count). The number of aromatic nitrogens is 2. The minimum atomic E-state index is 0.775. The van der Waals surface area contributed by atoms with E-state index in [0.29, 0.717) is 0 Å². The number of unbranched alkanes of at least 4 members (excludes halogenated alkanes) is 9. The van der Waals surface area contributed by atoms with Crippen LogP contribution in [0.2, 0.25) is 0 Å². The summed E-state index contributed by atoms with van der Waals surface area (Å²) in [6.45, 7) is 7.50. The van der Waals surface area contributed by atoms with Crippen LogP contribution in [0, 0.1) is 23.7 Å². The number of nitrogens with two attached hydrogens (primary N) is 1. The Labute approximate surface area is 634 Å². The Hall–Kier alpha value is -6.05. The normalized spacial score (nSPS) is 10.3. The van der Waals surface area contributed by atoms with Crippen LogP contribution in [0.4, 0.5) is 5.69 Å². The number of anilines is 1. The van der Waals surface area contributed by atoms with Crippen LogP contribution in [-0.2, 0) is 27.9 Å². The molecule has 0 aliphatic rings. The summed E-state index contributed by atoms with van der Waals surface area (Å²) in [6.07, 6.45) is 17.7. The maximum absolute atomic E-state index is 5.96. The SMILES string of the molecule is Brc1ccc(C#CC#Cc2ccc(Br)cc2)cc1.CCCCCCOc1ccc(-n2c(-c3ccc(Br)cc3)ccc2-c2ccc(Br)cc2)cc1.CCCCCCc1ccc(-n2c(-c3ccc(Br)cc3)ccc2-c2ccc(Br)cc2)cc1.CCCCCCc1ccc(N)cc1.[Cl][Cu]. The molecule has 9 aromatic carbocycles. The molecule has 0 fully saturated rings. The molecule has 0 unspecified atom stereocenters. The maximum atomic E-state index is 5.96. The Bertz CT molecular complexity index is 3960. The van der Waals surface area contributed by atoms with Crippen molar-refractivity contribution >= 4 is 111 Å². The molecule has 0 radical (unpaired) electrons. The number of halogens is 7. The van der Waals surface area contributed by atoms with Crippen molar-refractivity contribution in [3.63, 3.8) is 0 Å². The number of ether oxygens (including phenoxy) is 1. The Morgan fingerprint density at radius 2 is 0.615 bits per heavy atom. The second kappa shape index (κ2) is 43.4. The van der Waals surface area contributed by atoms with Crippen LogP contribution in [0.1, 0.15) is 120 Å². The van der Waals surface area contributed by atoms with Gasteiger partial charge in [0.05, 0.1) is 29.4 Å². The van der Waals surface area contributed by atoms with Gasteiger partial charge < -0.3 is 19.6 Å². The molecule has 0 amide bonds. The molecular weight excluding hydrogens is 1650 g/mol. The average molecular weight is 1730 g/mol. The minimum absolute atomic E-state index is 0.775. The molecular formula is C84H81Br6ClCuN3O. The van der Waals surface area contributed by atoms with Crippen LogP contribution < -0.4 is 10.5 Å². The number of hydrogen-bond donors (Lipinski definition) is 1. The van der Waals surface area contributed by atoms with Crippen molar-refractivity contribution in [2.24, 2.45) is 0 Å². The third-order valence-electron chi connectivity index (χ3n) is 15.7. The van der Waals surface area contributed by atoms with Gasteiger partial charge >= 0.3 is 25.2 Å². The van der Waals surface area contributed by atoms with E-state index >= 15 is 0 Å². The first kappa shape index (κ1) is 77.3. The number of nitrogen functional groups attached to an aromatic ring is 1. The monoisotopic (exact) mass is 1720 g/mol. The van der Waals surface area contributed by atoms with Crippen LogP contribution >= 0.6 is 106 Å². The molecule has 2 heterocycles. The first-order chi connectivity index (χ1) is 46.9. The van der Waals surface area contributed by atoms with Gasteiger partial charge in [-0.05, 0) is 247 Å². The van der Waals surface area contributed by atoms with Gasteiger partial charge in [-0.1, -0.05) is 259 Å². The van der Waals surface area contributed by atoms with Gasteiger partial charge in [0.1, 0.15) is 5.75 Å². The molecule has 0 saturated carbocycles. The van der Waals surface area contributed by atoms with Crippen molar-refractivity contribution in [1.82, 2.24) is 9.13 Å². The summed E-state index contributed by atoms with van der Waals surface area (Å²) < 4.78 is 17.1. The van der Waals surface area contributed by atoms with Gasteiger partial charge in [0.25, 0.3) is 0 Å². The summed E-state index contributed by atoms with van der Waals surface area (Å²) in [6, 6.07) is 84.3. The number of hydrogen-bond acceptors (Lipinski definition) is 2. The van der Waals surface area contributed by atoms with Gasteiger partial charge in [0.15, 0.2) is 0 Å². The number of rotatable bonds is 22. The molecule has 96 heavy (non-hydrogen) atoms. The zero-order chi connectivity index (χ0) is 68.3. The van der Waals surface area contributed by atoms with Gasteiger partial charge in [0.2, 0.25) is 0 Å². The van der Waals surface area contributed by atoms with Crippen molar-refractivity contribution in [3.05, 3.63) is 292 Å². The van der Waals surface area contributed by atoms with Crippen LogP contribution in [-0.4, -0.2) is 15.7 Å². The summed E-state index contributed by atoms with van der Waals surface area (Å²) in [5, 5.41) is 0. The number of aryl methyl sites for hydroxylation is 2. The third kappa shape index (κ3) is 26.0. The molecule has 0 bridgehead atoms. The van der Waals surface area contributed by atoms with E-state index in [9.17, 15) is 0 Å². The van der Waals surface area contributed by atoms with Gasteiger partial charge in [-0.15, -0.1) is 0 Å². The third-order valence-corrected chi connectivity index (χ3v) is 18.8. The van der Waals surface area contributed by atoms with Gasteiger partial charge in [-0.25, -0.2) is 0 Å². The fraction of sp³-hybridized carbons (Fsp3) is 0.214. The standard InChI is InChI=1S/C28H27Br2NO.C28H27Br2N.C16H8Br2.C12H19N.ClH.Cu/c1-2-3-4-5-20-32-26-16-14-25(15-17-26)31-27(21-6-10-23(29)11-7-21)18-19-28(31)22-8-12-24(30)13-9-22;1-2-3-4-5-6-21-7-17-26(18-8-21)31-27(22-9-13-24(29)14-10-22)19-20-28(31)23-11-15-25(30)16-12-23;17-15-9-5-13(6-10-15)3-1-2-4-14-7-11-16(18)12-8-14;1-2-3-4-5-6-11-7-9-12(13)10-8-11;;/h6-19H,2-5,20H2,1H3;7-20H,2-6H2,1H3;5-12H;7-10H,2-6,13H2,1H3;1H;/q;;;;;+1/p-1. The molecule has 0 saturated heterocycles.